The van der Waals surface area contributed by atoms with E-state index in [0.29, 0.717) is 5.69 Å². The molecule has 1 aliphatic carbocycles. The van der Waals surface area contributed by atoms with Crippen molar-refractivity contribution in [1.82, 2.24) is 4.90 Å². The first kappa shape index (κ1) is 18.4. The summed E-state index contributed by atoms with van der Waals surface area (Å²) in [4.78, 5) is 39.6. The first-order valence-corrected chi connectivity index (χ1v) is 9.84. The van der Waals surface area contributed by atoms with E-state index in [9.17, 15) is 14.4 Å². The molecule has 3 amide bonds. The highest BCUT2D eigenvalue weighted by Gasteiger charge is 2.54. The highest BCUT2D eigenvalue weighted by Crippen LogP contribution is 2.47. The van der Waals surface area contributed by atoms with Gasteiger partial charge < -0.3 is 5.32 Å². The van der Waals surface area contributed by atoms with Crippen molar-refractivity contribution in [3.63, 3.8) is 0 Å². The van der Waals surface area contributed by atoms with Crippen LogP contribution in [0.25, 0.3) is 11.1 Å². The Morgan fingerprint density at radius 1 is 1.00 bits per heavy atom. The molecule has 0 radical (unpaired) electrons. The molecule has 1 heterocycles. The SMILES string of the molecule is C[C@H](C(=O)Nc1ccccc1-c1ccccc1)N1C(=O)CC2(CCCC2)C1=O. The molecular formula is C23H24N2O3. The molecule has 2 aromatic rings. The Labute approximate surface area is 164 Å². The Bertz CT molecular complexity index is 916. The standard InChI is InChI=1S/C23H24N2O3/c1-16(25-20(26)15-23(22(25)28)13-7-8-14-23)21(27)24-19-12-6-5-11-18(19)17-9-3-2-4-10-17/h2-6,9-12,16H,7-8,13-15H2,1H3,(H,24,27)/t16-/m1/s1. The zero-order chi connectivity index (χ0) is 19.7. The van der Waals surface area contributed by atoms with Crippen molar-refractivity contribution in [3.8, 4) is 11.1 Å². The van der Waals surface area contributed by atoms with Crippen molar-refractivity contribution in [2.24, 2.45) is 5.41 Å². The van der Waals surface area contributed by atoms with Gasteiger partial charge in [0.2, 0.25) is 17.7 Å². The Morgan fingerprint density at radius 3 is 2.36 bits per heavy atom. The second kappa shape index (κ2) is 7.23. The Balaban J connectivity index is 1.55. The molecular weight excluding hydrogens is 352 g/mol. The number of imide groups is 1. The summed E-state index contributed by atoms with van der Waals surface area (Å²) in [6.45, 7) is 1.63. The van der Waals surface area contributed by atoms with Crippen molar-refractivity contribution in [1.29, 1.82) is 0 Å². The van der Waals surface area contributed by atoms with Gasteiger partial charge in [0.05, 0.1) is 5.41 Å². The van der Waals surface area contributed by atoms with Gasteiger partial charge in [-0.25, -0.2) is 0 Å². The van der Waals surface area contributed by atoms with Crippen LogP contribution in [0.4, 0.5) is 5.69 Å². The maximum Gasteiger partial charge on any atom is 0.247 e. The lowest BCUT2D eigenvalue weighted by atomic mass is 9.84. The third kappa shape index (κ3) is 3.11. The number of nitrogens with zero attached hydrogens (tertiary/aromatic N) is 1. The molecule has 1 aliphatic heterocycles. The number of para-hydroxylation sites is 1. The van der Waals surface area contributed by atoms with Crippen molar-refractivity contribution >= 4 is 23.4 Å². The molecule has 4 rings (SSSR count). The van der Waals surface area contributed by atoms with E-state index in [1.807, 2.05) is 54.6 Å². The van der Waals surface area contributed by atoms with Gasteiger partial charge in [0.25, 0.3) is 0 Å². The fraction of sp³-hybridized carbons (Fsp3) is 0.348. The van der Waals surface area contributed by atoms with E-state index in [2.05, 4.69) is 5.32 Å². The number of hydrogen-bond donors (Lipinski definition) is 1. The van der Waals surface area contributed by atoms with Gasteiger partial charge in [0.15, 0.2) is 0 Å². The van der Waals surface area contributed by atoms with Gasteiger partial charge in [-0.2, -0.15) is 0 Å². The fourth-order valence-corrected chi connectivity index (χ4v) is 4.47. The van der Waals surface area contributed by atoms with Crippen LogP contribution in [0.2, 0.25) is 0 Å². The van der Waals surface area contributed by atoms with Gasteiger partial charge >= 0.3 is 0 Å². The average Bonchev–Trinajstić information content (AvgIpc) is 3.27. The van der Waals surface area contributed by atoms with Crippen molar-refractivity contribution in [3.05, 3.63) is 54.6 Å². The van der Waals surface area contributed by atoms with Gasteiger partial charge in [-0.15, -0.1) is 0 Å². The maximum absolute atomic E-state index is 13.0. The van der Waals surface area contributed by atoms with Crippen molar-refractivity contribution < 1.29 is 14.4 Å². The smallest absolute Gasteiger partial charge is 0.247 e. The summed E-state index contributed by atoms with van der Waals surface area (Å²) < 4.78 is 0. The molecule has 2 aromatic carbocycles. The van der Waals surface area contributed by atoms with Crippen molar-refractivity contribution in [2.45, 2.75) is 45.1 Å². The van der Waals surface area contributed by atoms with Crippen LogP contribution in [0.1, 0.15) is 39.0 Å². The number of anilines is 1. The number of rotatable bonds is 4. The summed E-state index contributed by atoms with van der Waals surface area (Å²) in [7, 11) is 0. The first-order valence-electron chi connectivity index (χ1n) is 9.84. The first-order chi connectivity index (χ1) is 13.5. The fourth-order valence-electron chi connectivity index (χ4n) is 4.47. The maximum atomic E-state index is 13.0. The number of nitrogens with one attached hydrogen (secondary N) is 1. The minimum atomic E-state index is -0.830. The lowest BCUT2D eigenvalue weighted by Crippen LogP contribution is -2.46. The molecule has 144 valence electrons. The number of likely N-dealkylation sites (tertiary alicyclic amines) is 1. The minimum Gasteiger partial charge on any atom is -0.324 e. The molecule has 0 unspecified atom stereocenters. The topological polar surface area (TPSA) is 66.5 Å². The van der Waals surface area contributed by atoms with Gasteiger partial charge in [-0.1, -0.05) is 61.4 Å². The average molecular weight is 376 g/mol. The third-order valence-electron chi connectivity index (χ3n) is 6.03. The van der Waals surface area contributed by atoms with Crippen LogP contribution in [0.15, 0.2) is 54.6 Å². The Kier molecular flexibility index (Phi) is 4.75. The van der Waals surface area contributed by atoms with Gasteiger partial charge in [0.1, 0.15) is 6.04 Å². The number of hydrogen-bond acceptors (Lipinski definition) is 3. The Hall–Kier alpha value is -2.95. The molecule has 2 aliphatic rings. The minimum absolute atomic E-state index is 0.172. The molecule has 0 bridgehead atoms. The molecule has 1 saturated heterocycles. The summed E-state index contributed by atoms with van der Waals surface area (Å²) in [5, 5.41) is 2.92. The van der Waals surface area contributed by atoms with Crippen LogP contribution < -0.4 is 5.32 Å². The molecule has 1 saturated carbocycles. The molecule has 0 aromatic heterocycles. The van der Waals surface area contributed by atoms with Gasteiger partial charge in [0, 0.05) is 17.7 Å². The van der Waals surface area contributed by atoms with Crippen LogP contribution in [0.3, 0.4) is 0 Å². The van der Waals surface area contributed by atoms with E-state index in [-0.39, 0.29) is 24.1 Å². The monoisotopic (exact) mass is 376 g/mol. The predicted octanol–water partition coefficient (Wildman–Crippen LogP) is 4.00. The quantitative estimate of drug-likeness (QED) is 0.820. The van der Waals surface area contributed by atoms with Crippen LogP contribution in [0.5, 0.6) is 0 Å². The van der Waals surface area contributed by atoms with Crippen molar-refractivity contribution in [2.75, 3.05) is 5.32 Å². The molecule has 2 fully saturated rings. The van der Waals surface area contributed by atoms with Gasteiger partial charge in [-0.3, -0.25) is 19.3 Å². The second-order valence-electron chi connectivity index (χ2n) is 7.81. The van der Waals surface area contributed by atoms with E-state index in [4.69, 9.17) is 0 Å². The van der Waals surface area contributed by atoms with Crippen LogP contribution >= 0.6 is 0 Å². The lowest BCUT2D eigenvalue weighted by Gasteiger charge is -2.25. The number of amides is 3. The van der Waals surface area contributed by atoms with Crippen LogP contribution in [-0.4, -0.2) is 28.7 Å². The third-order valence-corrected chi connectivity index (χ3v) is 6.03. The van der Waals surface area contributed by atoms with Gasteiger partial charge in [-0.05, 0) is 31.4 Å². The molecule has 5 nitrogen and oxygen atoms in total. The Morgan fingerprint density at radius 2 is 1.64 bits per heavy atom. The van der Waals surface area contributed by atoms with Crippen LogP contribution in [-0.2, 0) is 14.4 Å². The van der Waals surface area contributed by atoms with E-state index in [1.54, 1.807) is 6.92 Å². The molecule has 1 N–H and O–H groups in total. The van der Waals surface area contributed by atoms with E-state index in [0.717, 1.165) is 36.8 Å². The summed E-state index contributed by atoms with van der Waals surface area (Å²) >= 11 is 0. The second-order valence-corrected chi connectivity index (χ2v) is 7.81. The summed E-state index contributed by atoms with van der Waals surface area (Å²) in [6.07, 6.45) is 3.68. The largest absolute Gasteiger partial charge is 0.324 e. The number of carbonyl (C=O) groups is 3. The number of carbonyl (C=O) groups excluding carboxylic acids is 3. The van der Waals surface area contributed by atoms with Crippen LogP contribution in [0, 0.1) is 5.41 Å². The van der Waals surface area contributed by atoms with E-state index < -0.39 is 11.5 Å². The summed E-state index contributed by atoms with van der Waals surface area (Å²) in [5.41, 5.74) is 1.99. The number of benzene rings is 2. The molecule has 1 spiro atoms. The van der Waals surface area contributed by atoms with E-state index >= 15 is 0 Å². The molecule has 5 heteroatoms. The zero-order valence-electron chi connectivity index (χ0n) is 16.0. The predicted molar refractivity (Wildman–Crippen MR) is 107 cm³/mol. The normalized spacial score (nSPS) is 19.2. The molecule has 28 heavy (non-hydrogen) atoms. The molecule has 1 atom stereocenters. The summed E-state index contributed by atoms with van der Waals surface area (Å²) in [5.74, 6) is -0.750. The highest BCUT2D eigenvalue weighted by atomic mass is 16.2. The summed E-state index contributed by atoms with van der Waals surface area (Å²) in [6, 6.07) is 16.5. The lowest BCUT2D eigenvalue weighted by molar-refractivity contribution is -0.147. The zero-order valence-corrected chi connectivity index (χ0v) is 16.0. The highest BCUT2D eigenvalue weighted by molar-refractivity contribution is 6.10. The van der Waals surface area contributed by atoms with E-state index in [1.165, 1.54) is 4.90 Å².